The van der Waals surface area contributed by atoms with Gasteiger partial charge in [0.1, 0.15) is 6.04 Å². The van der Waals surface area contributed by atoms with Gasteiger partial charge in [0.15, 0.2) is 0 Å². The van der Waals surface area contributed by atoms with E-state index in [9.17, 15) is 9.90 Å². The van der Waals surface area contributed by atoms with E-state index in [-0.39, 0.29) is 12.0 Å². The highest BCUT2D eigenvalue weighted by Gasteiger charge is 2.40. The maximum Gasteiger partial charge on any atom is 0.321 e. The molecule has 3 nitrogen and oxygen atoms in total. The number of rotatable bonds is 4. The lowest BCUT2D eigenvalue weighted by atomic mass is 9.97. The molecule has 0 amide bonds. The van der Waals surface area contributed by atoms with Gasteiger partial charge in [-0.25, -0.2) is 0 Å². The molecule has 1 fully saturated rings. The van der Waals surface area contributed by atoms with Crippen molar-refractivity contribution in [3.8, 4) is 0 Å². The number of carboxylic acid groups (broad SMARTS) is 1. The maximum absolute atomic E-state index is 11.2. The first-order valence-corrected chi connectivity index (χ1v) is 5.97. The first-order valence-electron chi connectivity index (χ1n) is 5.97. The Morgan fingerprint density at radius 2 is 2.13 bits per heavy atom. The van der Waals surface area contributed by atoms with E-state index in [0.717, 1.165) is 19.4 Å². The average molecular weight is 213 g/mol. The second-order valence-corrected chi connectivity index (χ2v) is 5.01. The zero-order valence-electron chi connectivity index (χ0n) is 10.2. The predicted octanol–water partition coefficient (Wildman–Crippen LogP) is 2.22. The zero-order valence-corrected chi connectivity index (χ0v) is 10.2. The molecule has 88 valence electrons. The molecule has 1 N–H and O–H groups in total. The molecule has 3 unspecified atom stereocenters. The Hall–Kier alpha value is -0.570. The smallest absolute Gasteiger partial charge is 0.321 e. The second-order valence-electron chi connectivity index (χ2n) is 5.01. The van der Waals surface area contributed by atoms with Crippen LogP contribution in [0.25, 0.3) is 0 Å². The molecule has 0 aromatic rings. The molecule has 0 bridgehead atoms. The average Bonchev–Trinajstić information content (AvgIpc) is 2.48. The molecule has 0 aromatic heterocycles. The molecule has 3 atom stereocenters. The van der Waals surface area contributed by atoms with Crippen LogP contribution in [-0.2, 0) is 4.79 Å². The fraction of sp³-hybridized carbons (Fsp3) is 0.917. The first kappa shape index (κ1) is 12.5. The molecular weight excluding hydrogens is 190 g/mol. The topological polar surface area (TPSA) is 40.5 Å². The molecule has 1 aliphatic heterocycles. The minimum Gasteiger partial charge on any atom is -0.480 e. The van der Waals surface area contributed by atoms with Gasteiger partial charge in [0.25, 0.3) is 0 Å². The van der Waals surface area contributed by atoms with Crippen LogP contribution in [0.1, 0.15) is 40.5 Å². The minimum atomic E-state index is -0.654. The number of carboxylic acids is 1. The SMILES string of the molecule is CCC(C(C)C)N1CCC(C)C1C(=O)O. The van der Waals surface area contributed by atoms with Crippen LogP contribution in [0.5, 0.6) is 0 Å². The largest absolute Gasteiger partial charge is 0.480 e. The first-order chi connectivity index (χ1) is 6.99. The second kappa shape index (κ2) is 4.97. The van der Waals surface area contributed by atoms with Crippen LogP contribution in [-0.4, -0.2) is 34.6 Å². The van der Waals surface area contributed by atoms with Gasteiger partial charge in [0.2, 0.25) is 0 Å². The van der Waals surface area contributed by atoms with Crippen molar-refractivity contribution in [2.45, 2.75) is 52.6 Å². The summed E-state index contributed by atoms with van der Waals surface area (Å²) in [6, 6.07) is 0.147. The Morgan fingerprint density at radius 1 is 1.53 bits per heavy atom. The molecule has 0 aliphatic carbocycles. The number of nitrogens with zero attached hydrogens (tertiary/aromatic N) is 1. The Labute approximate surface area is 92.5 Å². The van der Waals surface area contributed by atoms with E-state index >= 15 is 0 Å². The standard InChI is InChI=1S/C12H23NO2/c1-5-10(8(2)3)13-7-6-9(4)11(13)12(14)15/h8-11H,5-7H2,1-4H3,(H,14,15). The molecular formula is C12H23NO2. The lowest BCUT2D eigenvalue weighted by molar-refractivity contribution is -0.144. The summed E-state index contributed by atoms with van der Waals surface area (Å²) in [6.45, 7) is 9.49. The van der Waals surface area contributed by atoms with Gasteiger partial charge in [0.05, 0.1) is 0 Å². The fourth-order valence-corrected chi connectivity index (χ4v) is 2.82. The molecule has 15 heavy (non-hydrogen) atoms. The van der Waals surface area contributed by atoms with Crippen molar-refractivity contribution in [1.29, 1.82) is 0 Å². The van der Waals surface area contributed by atoms with E-state index < -0.39 is 5.97 Å². The van der Waals surface area contributed by atoms with Crippen molar-refractivity contribution >= 4 is 5.97 Å². The van der Waals surface area contributed by atoms with Crippen molar-refractivity contribution in [1.82, 2.24) is 4.90 Å². The third-order valence-electron chi connectivity index (χ3n) is 3.61. The molecule has 0 aromatic carbocycles. The number of aliphatic carboxylic acids is 1. The minimum absolute atomic E-state index is 0.266. The van der Waals surface area contributed by atoms with Crippen LogP contribution >= 0.6 is 0 Å². The van der Waals surface area contributed by atoms with Gasteiger partial charge in [-0.15, -0.1) is 0 Å². The van der Waals surface area contributed by atoms with Crippen molar-refractivity contribution in [2.75, 3.05) is 6.54 Å². The summed E-state index contributed by atoms with van der Waals surface area (Å²) in [5.41, 5.74) is 0. The van der Waals surface area contributed by atoms with Gasteiger partial charge in [-0.3, -0.25) is 9.69 Å². The van der Waals surface area contributed by atoms with E-state index in [1.165, 1.54) is 0 Å². The quantitative estimate of drug-likeness (QED) is 0.778. The highest BCUT2D eigenvalue weighted by atomic mass is 16.4. The molecule has 0 saturated carbocycles. The highest BCUT2D eigenvalue weighted by Crippen LogP contribution is 2.29. The number of hydrogen-bond donors (Lipinski definition) is 1. The molecule has 1 aliphatic rings. The monoisotopic (exact) mass is 213 g/mol. The van der Waals surface area contributed by atoms with Crippen LogP contribution in [0.3, 0.4) is 0 Å². The summed E-state index contributed by atoms with van der Waals surface area (Å²) in [6.07, 6.45) is 2.05. The van der Waals surface area contributed by atoms with Crippen LogP contribution in [0.4, 0.5) is 0 Å². The summed E-state index contributed by atoms with van der Waals surface area (Å²) >= 11 is 0. The third kappa shape index (κ3) is 2.51. The van der Waals surface area contributed by atoms with E-state index in [2.05, 4.69) is 25.7 Å². The van der Waals surface area contributed by atoms with Crippen molar-refractivity contribution in [2.24, 2.45) is 11.8 Å². The Morgan fingerprint density at radius 3 is 2.53 bits per heavy atom. The van der Waals surface area contributed by atoms with Crippen molar-refractivity contribution in [3.05, 3.63) is 0 Å². The predicted molar refractivity (Wildman–Crippen MR) is 60.8 cm³/mol. The zero-order chi connectivity index (χ0) is 11.6. The number of likely N-dealkylation sites (tertiary alicyclic amines) is 1. The van der Waals surface area contributed by atoms with Crippen LogP contribution in [0.15, 0.2) is 0 Å². The van der Waals surface area contributed by atoms with E-state index in [1.807, 2.05) is 6.92 Å². The Kier molecular flexibility index (Phi) is 4.14. The molecule has 1 heterocycles. The summed E-state index contributed by atoms with van der Waals surface area (Å²) in [5, 5.41) is 9.24. The normalized spacial score (nSPS) is 29.7. The summed E-state index contributed by atoms with van der Waals surface area (Å²) < 4.78 is 0. The number of carbonyl (C=O) groups is 1. The van der Waals surface area contributed by atoms with Gasteiger partial charge in [-0.1, -0.05) is 27.7 Å². The van der Waals surface area contributed by atoms with E-state index in [4.69, 9.17) is 0 Å². The maximum atomic E-state index is 11.2. The summed E-state index contributed by atoms with van der Waals surface area (Å²) in [7, 11) is 0. The lowest BCUT2D eigenvalue weighted by Crippen LogP contribution is -2.47. The summed E-state index contributed by atoms with van der Waals surface area (Å²) in [4.78, 5) is 13.4. The van der Waals surface area contributed by atoms with Crippen LogP contribution < -0.4 is 0 Å². The van der Waals surface area contributed by atoms with E-state index in [0.29, 0.717) is 12.0 Å². The Bertz CT molecular complexity index is 228. The Balaban J connectivity index is 2.79. The number of hydrogen-bond acceptors (Lipinski definition) is 2. The van der Waals surface area contributed by atoms with Crippen LogP contribution in [0, 0.1) is 11.8 Å². The third-order valence-corrected chi connectivity index (χ3v) is 3.61. The highest BCUT2D eigenvalue weighted by molar-refractivity contribution is 5.74. The van der Waals surface area contributed by atoms with Crippen LogP contribution in [0.2, 0.25) is 0 Å². The lowest BCUT2D eigenvalue weighted by Gasteiger charge is -2.34. The molecule has 3 heteroatoms. The fourth-order valence-electron chi connectivity index (χ4n) is 2.82. The molecule has 0 spiro atoms. The van der Waals surface area contributed by atoms with Gasteiger partial charge in [0, 0.05) is 6.04 Å². The summed E-state index contributed by atoms with van der Waals surface area (Å²) in [5.74, 6) is 0.163. The van der Waals surface area contributed by atoms with E-state index in [1.54, 1.807) is 0 Å². The molecule has 1 saturated heterocycles. The van der Waals surface area contributed by atoms with Gasteiger partial charge in [-0.2, -0.15) is 0 Å². The van der Waals surface area contributed by atoms with Gasteiger partial charge < -0.3 is 5.11 Å². The van der Waals surface area contributed by atoms with Crippen molar-refractivity contribution in [3.63, 3.8) is 0 Å². The molecule has 1 rings (SSSR count). The van der Waals surface area contributed by atoms with Gasteiger partial charge in [-0.05, 0) is 31.2 Å². The van der Waals surface area contributed by atoms with Gasteiger partial charge >= 0.3 is 5.97 Å². The van der Waals surface area contributed by atoms with Crippen molar-refractivity contribution < 1.29 is 9.90 Å². The molecule has 0 radical (unpaired) electrons.